The lowest BCUT2D eigenvalue weighted by Crippen LogP contribution is -1.94. The Morgan fingerprint density at radius 1 is 1.45 bits per heavy atom. The molecule has 0 aliphatic carbocycles. The van der Waals surface area contributed by atoms with E-state index < -0.39 is 0 Å². The first kappa shape index (κ1) is 7.74. The molecule has 0 saturated heterocycles. The van der Waals surface area contributed by atoms with Crippen molar-refractivity contribution in [3.63, 3.8) is 0 Å². The number of terminal acetylenes is 1. The summed E-state index contributed by atoms with van der Waals surface area (Å²) in [5.74, 6) is 2.02. The van der Waals surface area contributed by atoms with E-state index in [1.165, 1.54) is 6.07 Å². The summed E-state index contributed by atoms with van der Waals surface area (Å²) in [6.07, 6.45) is 5.11. The van der Waals surface area contributed by atoms with Gasteiger partial charge in [0.2, 0.25) is 0 Å². The zero-order valence-electron chi connectivity index (χ0n) is 6.48. The van der Waals surface area contributed by atoms with E-state index >= 15 is 0 Å². The second-order valence-corrected chi connectivity index (χ2v) is 2.33. The molecule has 1 rings (SSSR count). The van der Waals surface area contributed by atoms with Crippen LogP contribution in [0.5, 0.6) is 0 Å². The van der Waals surface area contributed by atoms with E-state index in [1.54, 1.807) is 13.8 Å². The standard InChI is InChI=1S/C9H8FN/c1-4-8-5-9(10)7(3)11-6(8)2/h1,5H,2-3H3. The first-order valence-corrected chi connectivity index (χ1v) is 3.25. The van der Waals surface area contributed by atoms with Crippen molar-refractivity contribution in [2.75, 3.05) is 0 Å². The number of rotatable bonds is 0. The van der Waals surface area contributed by atoms with Crippen LogP contribution in [0.15, 0.2) is 6.07 Å². The quantitative estimate of drug-likeness (QED) is 0.513. The predicted octanol–water partition coefficient (Wildman–Crippen LogP) is 1.82. The summed E-state index contributed by atoms with van der Waals surface area (Å²) in [6.45, 7) is 3.38. The fourth-order valence-electron chi connectivity index (χ4n) is 0.847. The van der Waals surface area contributed by atoms with Crippen molar-refractivity contribution in [2.45, 2.75) is 13.8 Å². The number of hydrogen-bond donors (Lipinski definition) is 0. The Morgan fingerprint density at radius 3 is 2.64 bits per heavy atom. The molecule has 0 radical (unpaired) electrons. The van der Waals surface area contributed by atoms with Crippen LogP contribution in [0.25, 0.3) is 0 Å². The lowest BCUT2D eigenvalue weighted by Gasteiger charge is -1.99. The van der Waals surface area contributed by atoms with Gasteiger partial charge in [-0.2, -0.15) is 0 Å². The van der Waals surface area contributed by atoms with Crippen LogP contribution in [0.4, 0.5) is 4.39 Å². The van der Waals surface area contributed by atoms with Crippen LogP contribution in [0.1, 0.15) is 17.0 Å². The van der Waals surface area contributed by atoms with Crippen LogP contribution < -0.4 is 0 Å². The molecular weight excluding hydrogens is 141 g/mol. The molecule has 0 spiro atoms. The number of aryl methyl sites for hydroxylation is 2. The summed E-state index contributed by atoms with van der Waals surface area (Å²) in [4.78, 5) is 3.93. The summed E-state index contributed by atoms with van der Waals surface area (Å²) in [6, 6.07) is 1.33. The van der Waals surface area contributed by atoms with Crippen molar-refractivity contribution in [2.24, 2.45) is 0 Å². The fraction of sp³-hybridized carbons (Fsp3) is 0.222. The molecule has 0 amide bonds. The van der Waals surface area contributed by atoms with Gasteiger partial charge >= 0.3 is 0 Å². The summed E-state index contributed by atoms with van der Waals surface area (Å²) < 4.78 is 12.8. The normalized spacial score (nSPS) is 9.27. The van der Waals surface area contributed by atoms with E-state index in [0.717, 1.165) is 0 Å². The summed E-state index contributed by atoms with van der Waals surface area (Å²) >= 11 is 0. The Balaban J connectivity index is 3.35. The van der Waals surface area contributed by atoms with Crippen molar-refractivity contribution < 1.29 is 4.39 Å². The summed E-state index contributed by atoms with van der Waals surface area (Å²) in [5.41, 5.74) is 1.61. The molecule has 0 saturated carbocycles. The number of halogens is 1. The highest BCUT2D eigenvalue weighted by Crippen LogP contribution is 2.08. The van der Waals surface area contributed by atoms with Gasteiger partial charge in [0.25, 0.3) is 0 Å². The Labute approximate surface area is 65.3 Å². The number of aromatic nitrogens is 1. The van der Waals surface area contributed by atoms with Gasteiger partial charge in [-0.05, 0) is 19.9 Å². The van der Waals surface area contributed by atoms with E-state index in [4.69, 9.17) is 6.42 Å². The zero-order chi connectivity index (χ0) is 8.43. The topological polar surface area (TPSA) is 12.9 Å². The molecule has 0 aromatic carbocycles. The van der Waals surface area contributed by atoms with Gasteiger partial charge in [0, 0.05) is 5.56 Å². The lowest BCUT2D eigenvalue weighted by molar-refractivity contribution is 0.607. The molecule has 0 fully saturated rings. The Morgan fingerprint density at radius 2 is 2.09 bits per heavy atom. The highest BCUT2D eigenvalue weighted by Gasteiger charge is 2.02. The van der Waals surface area contributed by atoms with Gasteiger partial charge < -0.3 is 0 Å². The molecule has 0 bridgehead atoms. The van der Waals surface area contributed by atoms with Gasteiger partial charge in [0.15, 0.2) is 0 Å². The maximum atomic E-state index is 12.8. The maximum Gasteiger partial charge on any atom is 0.145 e. The Bertz CT molecular complexity index is 323. The number of hydrogen-bond acceptors (Lipinski definition) is 1. The van der Waals surface area contributed by atoms with Crippen LogP contribution in [0, 0.1) is 32.0 Å². The molecule has 1 heterocycles. The second-order valence-electron chi connectivity index (χ2n) is 2.33. The van der Waals surface area contributed by atoms with Crippen LogP contribution in [-0.4, -0.2) is 4.98 Å². The van der Waals surface area contributed by atoms with Crippen LogP contribution in [-0.2, 0) is 0 Å². The predicted molar refractivity (Wildman–Crippen MR) is 41.6 cm³/mol. The molecule has 11 heavy (non-hydrogen) atoms. The van der Waals surface area contributed by atoms with Gasteiger partial charge in [0.1, 0.15) is 5.82 Å². The maximum absolute atomic E-state index is 12.8. The Kier molecular flexibility index (Phi) is 1.91. The third kappa shape index (κ3) is 1.38. The zero-order valence-corrected chi connectivity index (χ0v) is 6.48. The molecule has 0 unspecified atom stereocenters. The van der Waals surface area contributed by atoms with Gasteiger partial charge in [-0.1, -0.05) is 5.92 Å². The van der Waals surface area contributed by atoms with Gasteiger partial charge in [0.05, 0.1) is 11.4 Å². The minimum Gasteiger partial charge on any atom is -0.254 e. The average molecular weight is 149 g/mol. The minimum absolute atomic E-state index is 0.344. The molecule has 0 aliphatic rings. The molecule has 0 aliphatic heterocycles. The van der Waals surface area contributed by atoms with Crippen molar-refractivity contribution in [3.8, 4) is 12.3 Å². The lowest BCUT2D eigenvalue weighted by atomic mass is 10.2. The van der Waals surface area contributed by atoms with E-state index in [1.807, 2.05) is 0 Å². The van der Waals surface area contributed by atoms with Crippen molar-refractivity contribution >= 4 is 0 Å². The van der Waals surface area contributed by atoms with Crippen LogP contribution in [0.3, 0.4) is 0 Å². The SMILES string of the molecule is C#Cc1cc(F)c(C)nc1C. The number of nitrogens with zero attached hydrogens (tertiary/aromatic N) is 1. The summed E-state index contributed by atoms with van der Waals surface area (Å²) in [7, 11) is 0. The first-order valence-electron chi connectivity index (χ1n) is 3.25. The van der Waals surface area contributed by atoms with Crippen molar-refractivity contribution in [1.82, 2.24) is 4.98 Å². The smallest absolute Gasteiger partial charge is 0.145 e. The molecule has 56 valence electrons. The Hall–Kier alpha value is -1.36. The third-order valence-electron chi connectivity index (χ3n) is 1.50. The van der Waals surface area contributed by atoms with E-state index in [0.29, 0.717) is 17.0 Å². The monoisotopic (exact) mass is 149 g/mol. The second kappa shape index (κ2) is 2.71. The van der Waals surface area contributed by atoms with E-state index in [9.17, 15) is 4.39 Å². The molecule has 1 aromatic heterocycles. The average Bonchev–Trinajstić information content (AvgIpc) is 1.97. The van der Waals surface area contributed by atoms with E-state index in [-0.39, 0.29) is 5.82 Å². The van der Waals surface area contributed by atoms with E-state index in [2.05, 4.69) is 10.9 Å². The molecule has 2 heteroatoms. The fourth-order valence-corrected chi connectivity index (χ4v) is 0.847. The van der Waals surface area contributed by atoms with Crippen LogP contribution >= 0.6 is 0 Å². The highest BCUT2D eigenvalue weighted by atomic mass is 19.1. The highest BCUT2D eigenvalue weighted by molar-refractivity contribution is 5.36. The summed E-state index contributed by atoms with van der Waals surface area (Å²) in [5, 5.41) is 0. The van der Waals surface area contributed by atoms with Crippen molar-refractivity contribution in [3.05, 3.63) is 28.8 Å². The molecule has 1 nitrogen and oxygen atoms in total. The molecule has 0 atom stereocenters. The number of pyridine rings is 1. The molecule has 0 N–H and O–H groups in total. The van der Waals surface area contributed by atoms with Gasteiger partial charge in [-0.3, -0.25) is 4.98 Å². The minimum atomic E-state index is -0.344. The van der Waals surface area contributed by atoms with Crippen molar-refractivity contribution in [1.29, 1.82) is 0 Å². The van der Waals surface area contributed by atoms with Gasteiger partial charge in [-0.15, -0.1) is 6.42 Å². The molecular formula is C9H8FN. The van der Waals surface area contributed by atoms with Gasteiger partial charge in [-0.25, -0.2) is 4.39 Å². The van der Waals surface area contributed by atoms with Crippen LogP contribution in [0.2, 0.25) is 0 Å². The third-order valence-corrected chi connectivity index (χ3v) is 1.50. The molecule has 1 aromatic rings. The largest absolute Gasteiger partial charge is 0.254 e. The first-order chi connectivity index (χ1) is 5.15.